The van der Waals surface area contributed by atoms with Crippen LogP contribution in [0.2, 0.25) is 0 Å². The van der Waals surface area contributed by atoms with Crippen molar-refractivity contribution in [2.75, 3.05) is 19.8 Å². The molecular formula is C81H151NO10. The summed E-state index contributed by atoms with van der Waals surface area (Å²) in [4.78, 5) is 25.1. The SMILES string of the molecule is CCCCCC/C=C\C/C=C\CCCCCCCCCC(=O)OCCCCCCCCCCCCCCCCCC/C=C\CCCCCCCCCCCCCCCCCCCC(=O)NC(COC1OC(CO)C(O)C(O)C1O)C(O)/C=C/CCCCCCCCC. The summed E-state index contributed by atoms with van der Waals surface area (Å²) in [5, 5.41) is 54.3. The van der Waals surface area contributed by atoms with E-state index in [1.54, 1.807) is 6.08 Å². The molecule has 7 atom stereocenters. The molecular weight excluding hydrogens is 1150 g/mol. The number of amides is 1. The smallest absolute Gasteiger partial charge is 0.305 e. The zero-order valence-corrected chi connectivity index (χ0v) is 60.3. The largest absolute Gasteiger partial charge is 0.466 e. The Morgan fingerprint density at radius 2 is 0.728 bits per heavy atom. The molecule has 1 rings (SSSR count). The van der Waals surface area contributed by atoms with Gasteiger partial charge in [0, 0.05) is 12.8 Å². The Morgan fingerprint density at radius 3 is 1.12 bits per heavy atom. The second-order valence-corrected chi connectivity index (χ2v) is 27.8. The molecule has 1 amide bonds. The molecule has 0 aromatic carbocycles. The lowest BCUT2D eigenvalue weighted by Gasteiger charge is -2.40. The van der Waals surface area contributed by atoms with E-state index in [2.05, 4.69) is 55.6 Å². The molecule has 0 saturated carbocycles. The number of aliphatic hydroxyl groups is 5. The van der Waals surface area contributed by atoms with Gasteiger partial charge in [0.1, 0.15) is 24.4 Å². The molecule has 0 aromatic rings. The zero-order valence-electron chi connectivity index (χ0n) is 60.3. The molecule has 1 saturated heterocycles. The predicted molar refractivity (Wildman–Crippen MR) is 389 cm³/mol. The van der Waals surface area contributed by atoms with Gasteiger partial charge in [-0.1, -0.05) is 339 Å². The van der Waals surface area contributed by atoms with Gasteiger partial charge in [-0.3, -0.25) is 9.59 Å². The second-order valence-electron chi connectivity index (χ2n) is 27.8. The lowest BCUT2D eigenvalue weighted by Crippen LogP contribution is -2.60. The number of carbonyl (C=O) groups excluding carboxylic acids is 2. The fourth-order valence-corrected chi connectivity index (χ4v) is 12.6. The summed E-state index contributed by atoms with van der Waals surface area (Å²) in [7, 11) is 0. The first-order chi connectivity index (χ1) is 45.2. The van der Waals surface area contributed by atoms with E-state index < -0.39 is 49.5 Å². The van der Waals surface area contributed by atoms with Crippen LogP contribution in [-0.4, -0.2) is 100 Å². The summed E-state index contributed by atoms with van der Waals surface area (Å²) in [5.74, 6) is -0.170. The minimum absolute atomic E-state index is 0.00823. The summed E-state index contributed by atoms with van der Waals surface area (Å²) in [6.45, 7) is 4.34. The van der Waals surface area contributed by atoms with Crippen molar-refractivity contribution >= 4 is 11.9 Å². The molecule has 0 bridgehead atoms. The standard InChI is InChI=1S/C81H151NO10/c1-3-5-7-9-11-13-14-15-16-17-40-43-46-49-53-57-61-65-69-77(86)90-70-66-62-58-54-50-47-44-41-38-36-34-32-30-28-26-24-22-20-18-19-21-23-25-27-29-31-33-35-37-39-42-45-48-52-56-60-64-68-76(85)82-73(74(84)67-63-59-55-51-12-10-8-6-4-2)72-91-81-80(89)79(88)78(87)75(71-83)92-81/h13-14,16-18,20,63,67,73-75,78-81,83-84,87-89H,3-12,15,19,21-62,64-66,68-72H2,1-2H3,(H,82,85)/b14-13-,17-16-,20-18-,67-63+. The van der Waals surface area contributed by atoms with Gasteiger partial charge in [0.05, 0.1) is 32.0 Å². The number of allylic oxidation sites excluding steroid dienone is 7. The van der Waals surface area contributed by atoms with E-state index in [4.69, 9.17) is 14.2 Å². The molecule has 11 nitrogen and oxygen atoms in total. The third-order valence-electron chi connectivity index (χ3n) is 18.9. The highest BCUT2D eigenvalue weighted by Crippen LogP contribution is 2.24. The summed E-state index contributed by atoms with van der Waals surface area (Å²) >= 11 is 0. The van der Waals surface area contributed by atoms with E-state index in [1.807, 2.05) is 6.08 Å². The van der Waals surface area contributed by atoms with Crippen LogP contribution in [0.1, 0.15) is 393 Å². The minimum Gasteiger partial charge on any atom is -0.466 e. The molecule has 6 N–H and O–H groups in total. The molecule has 7 unspecified atom stereocenters. The molecule has 92 heavy (non-hydrogen) atoms. The van der Waals surface area contributed by atoms with Gasteiger partial charge in [0.15, 0.2) is 6.29 Å². The van der Waals surface area contributed by atoms with Crippen LogP contribution in [0.4, 0.5) is 0 Å². The Hall–Kier alpha value is -2.38. The minimum atomic E-state index is -1.57. The van der Waals surface area contributed by atoms with E-state index in [0.717, 1.165) is 64.2 Å². The van der Waals surface area contributed by atoms with Gasteiger partial charge in [-0.25, -0.2) is 0 Å². The summed E-state index contributed by atoms with van der Waals surface area (Å²) in [5.41, 5.74) is 0. The average molecular weight is 1300 g/mol. The number of hydrogen-bond acceptors (Lipinski definition) is 10. The lowest BCUT2D eigenvalue weighted by molar-refractivity contribution is -0.302. The molecule has 540 valence electrons. The van der Waals surface area contributed by atoms with Crippen LogP contribution < -0.4 is 5.32 Å². The van der Waals surface area contributed by atoms with Crippen molar-refractivity contribution in [1.29, 1.82) is 0 Å². The van der Waals surface area contributed by atoms with Crippen LogP contribution in [-0.2, 0) is 23.8 Å². The van der Waals surface area contributed by atoms with Crippen molar-refractivity contribution in [3.05, 3.63) is 48.6 Å². The number of aliphatic hydroxyl groups excluding tert-OH is 5. The molecule has 0 aliphatic carbocycles. The number of hydrogen-bond donors (Lipinski definition) is 6. The van der Waals surface area contributed by atoms with Gasteiger partial charge in [-0.15, -0.1) is 0 Å². The van der Waals surface area contributed by atoms with E-state index in [9.17, 15) is 35.1 Å². The number of ether oxygens (including phenoxy) is 3. The lowest BCUT2D eigenvalue weighted by atomic mass is 9.99. The Labute approximate surface area is 567 Å². The highest BCUT2D eigenvalue weighted by atomic mass is 16.7. The molecule has 1 aliphatic rings. The van der Waals surface area contributed by atoms with Gasteiger partial charge in [-0.05, 0) is 89.9 Å². The van der Waals surface area contributed by atoms with Crippen molar-refractivity contribution in [1.82, 2.24) is 5.32 Å². The van der Waals surface area contributed by atoms with E-state index >= 15 is 0 Å². The summed E-state index contributed by atoms with van der Waals surface area (Å²) < 4.78 is 16.7. The van der Waals surface area contributed by atoms with Crippen molar-refractivity contribution in [2.45, 2.75) is 436 Å². The number of rotatable bonds is 71. The number of esters is 1. The van der Waals surface area contributed by atoms with E-state index in [0.29, 0.717) is 19.4 Å². The molecule has 0 radical (unpaired) electrons. The maximum Gasteiger partial charge on any atom is 0.305 e. The highest BCUT2D eigenvalue weighted by molar-refractivity contribution is 5.76. The topological polar surface area (TPSA) is 175 Å². The molecule has 11 heteroatoms. The van der Waals surface area contributed by atoms with Crippen LogP contribution in [0, 0.1) is 0 Å². The number of nitrogens with one attached hydrogen (secondary N) is 1. The molecule has 1 heterocycles. The third kappa shape index (κ3) is 57.8. The normalized spacial score (nSPS) is 17.8. The average Bonchev–Trinajstić information content (AvgIpc) is 1.07. The second kappa shape index (κ2) is 70.0. The molecule has 1 fully saturated rings. The monoisotopic (exact) mass is 1300 g/mol. The van der Waals surface area contributed by atoms with Crippen LogP contribution in [0.3, 0.4) is 0 Å². The summed E-state index contributed by atoms with van der Waals surface area (Å²) in [6, 6.07) is -0.806. The van der Waals surface area contributed by atoms with Gasteiger partial charge < -0.3 is 45.1 Å². The molecule has 0 aromatic heterocycles. The van der Waals surface area contributed by atoms with Gasteiger partial charge >= 0.3 is 5.97 Å². The first-order valence-electron chi connectivity index (χ1n) is 39.9. The fourth-order valence-electron chi connectivity index (χ4n) is 12.6. The van der Waals surface area contributed by atoms with Crippen LogP contribution in [0.15, 0.2) is 48.6 Å². The number of unbranched alkanes of at least 4 members (excludes halogenated alkanes) is 51. The Balaban J connectivity index is 1.85. The quantitative estimate of drug-likeness (QED) is 0.0195. The third-order valence-corrected chi connectivity index (χ3v) is 18.9. The van der Waals surface area contributed by atoms with Crippen molar-refractivity contribution in [3.8, 4) is 0 Å². The number of carbonyl (C=O) groups is 2. The first kappa shape index (κ1) is 87.6. The maximum absolute atomic E-state index is 13.0. The predicted octanol–water partition coefficient (Wildman–Crippen LogP) is 21.5. The van der Waals surface area contributed by atoms with Gasteiger partial charge in [0.2, 0.25) is 5.91 Å². The zero-order chi connectivity index (χ0) is 66.5. The summed E-state index contributed by atoms with van der Waals surface area (Å²) in [6.07, 6.45) is 83.1. The van der Waals surface area contributed by atoms with Gasteiger partial charge in [0.25, 0.3) is 0 Å². The van der Waals surface area contributed by atoms with Crippen LogP contribution in [0.5, 0.6) is 0 Å². The molecule has 1 aliphatic heterocycles. The maximum atomic E-state index is 13.0. The Kier molecular flexibility index (Phi) is 66.6. The highest BCUT2D eigenvalue weighted by Gasteiger charge is 2.44. The fraction of sp³-hybridized carbons (Fsp3) is 0.877. The Morgan fingerprint density at radius 1 is 0.402 bits per heavy atom. The van der Waals surface area contributed by atoms with Crippen molar-refractivity contribution in [3.63, 3.8) is 0 Å². The van der Waals surface area contributed by atoms with E-state index in [-0.39, 0.29) is 18.5 Å². The van der Waals surface area contributed by atoms with Crippen LogP contribution in [0.25, 0.3) is 0 Å². The molecule has 0 spiro atoms. The first-order valence-corrected chi connectivity index (χ1v) is 39.9. The van der Waals surface area contributed by atoms with Gasteiger partial charge in [-0.2, -0.15) is 0 Å². The Bertz CT molecular complexity index is 1670. The van der Waals surface area contributed by atoms with E-state index in [1.165, 1.54) is 302 Å². The van der Waals surface area contributed by atoms with Crippen molar-refractivity contribution in [2.24, 2.45) is 0 Å². The van der Waals surface area contributed by atoms with Crippen molar-refractivity contribution < 1.29 is 49.3 Å². The van der Waals surface area contributed by atoms with Crippen LogP contribution >= 0.6 is 0 Å².